The van der Waals surface area contributed by atoms with Crippen LogP contribution >= 0.6 is 0 Å². The van der Waals surface area contributed by atoms with Crippen molar-refractivity contribution in [2.24, 2.45) is 17.8 Å². The van der Waals surface area contributed by atoms with Crippen LogP contribution in [-0.2, 0) is 9.53 Å². The van der Waals surface area contributed by atoms with Crippen molar-refractivity contribution < 1.29 is 9.53 Å². The molecule has 1 aromatic rings. The molecular formula is C21H31NO2. The average molecular weight is 329 g/mol. The van der Waals surface area contributed by atoms with Gasteiger partial charge in [-0.1, -0.05) is 57.5 Å². The van der Waals surface area contributed by atoms with Crippen molar-refractivity contribution in [2.75, 3.05) is 6.54 Å². The van der Waals surface area contributed by atoms with Crippen molar-refractivity contribution in [3.63, 3.8) is 0 Å². The zero-order chi connectivity index (χ0) is 17.3. The molecule has 0 bridgehead atoms. The van der Waals surface area contributed by atoms with E-state index < -0.39 is 0 Å². The molecule has 6 atom stereocenters. The molecule has 1 aromatic carbocycles. The lowest BCUT2D eigenvalue weighted by Gasteiger charge is -2.36. The highest BCUT2D eigenvalue weighted by atomic mass is 16.5. The summed E-state index contributed by atoms with van der Waals surface area (Å²) >= 11 is 0. The number of hydrogen-bond donors (Lipinski definition) is 0. The third-order valence-electron chi connectivity index (χ3n) is 5.93. The first-order valence-corrected chi connectivity index (χ1v) is 9.48. The third-order valence-corrected chi connectivity index (χ3v) is 5.93. The fraction of sp³-hybridized carbons (Fsp3) is 0.667. The van der Waals surface area contributed by atoms with Gasteiger partial charge in [0.2, 0.25) is 0 Å². The molecule has 1 saturated heterocycles. The molecule has 3 heteroatoms. The molecule has 1 aliphatic carbocycles. The van der Waals surface area contributed by atoms with Crippen LogP contribution in [0.4, 0.5) is 0 Å². The second-order valence-corrected chi connectivity index (χ2v) is 8.10. The molecule has 0 spiro atoms. The molecule has 132 valence electrons. The Kier molecular flexibility index (Phi) is 5.29. The van der Waals surface area contributed by atoms with Crippen LogP contribution in [0.25, 0.3) is 0 Å². The van der Waals surface area contributed by atoms with E-state index in [1.54, 1.807) is 0 Å². The van der Waals surface area contributed by atoms with Gasteiger partial charge in [0.15, 0.2) is 0 Å². The van der Waals surface area contributed by atoms with Crippen molar-refractivity contribution in [3.05, 3.63) is 35.9 Å². The molecule has 1 heterocycles. The standard InChI is InChI=1S/C21H31NO2/c1-14(2)18-11-10-15(3)12-20(18)24-21(23)19-13-22(19)16(4)17-8-6-5-7-9-17/h5-9,14-16,18-20H,10-13H2,1-4H3/t15-,16-,18+,19+,20-,22?/m1/s1. The molecular weight excluding hydrogens is 298 g/mol. The summed E-state index contributed by atoms with van der Waals surface area (Å²) < 4.78 is 6.00. The molecule has 0 N–H and O–H groups in total. The summed E-state index contributed by atoms with van der Waals surface area (Å²) in [6, 6.07) is 10.6. The van der Waals surface area contributed by atoms with Gasteiger partial charge in [-0.3, -0.25) is 9.69 Å². The summed E-state index contributed by atoms with van der Waals surface area (Å²) in [5.74, 6) is 1.75. The first-order chi connectivity index (χ1) is 11.5. The highest BCUT2D eigenvalue weighted by molar-refractivity contribution is 5.79. The van der Waals surface area contributed by atoms with E-state index in [1.807, 2.05) is 6.07 Å². The molecule has 0 radical (unpaired) electrons. The summed E-state index contributed by atoms with van der Waals surface area (Å²) in [5.41, 5.74) is 1.26. The number of benzene rings is 1. The molecule has 1 unspecified atom stereocenters. The maximum absolute atomic E-state index is 12.6. The van der Waals surface area contributed by atoms with Gasteiger partial charge in [-0.05, 0) is 43.1 Å². The number of ether oxygens (including phenoxy) is 1. The van der Waals surface area contributed by atoms with Crippen LogP contribution in [0.3, 0.4) is 0 Å². The topological polar surface area (TPSA) is 29.3 Å². The first-order valence-electron chi connectivity index (χ1n) is 9.48. The summed E-state index contributed by atoms with van der Waals surface area (Å²) in [6.45, 7) is 9.77. The molecule has 2 fully saturated rings. The van der Waals surface area contributed by atoms with E-state index in [0.29, 0.717) is 17.8 Å². The summed E-state index contributed by atoms with van der Waals surface area (Å²) in [5, 5.41) is 0. The zero-order valence-electron chi connectivity index (χ0n) is 15.4. The maximum Gasteiger partial charge on any atom is 0.325 e. The van der Waals surface area contributed by atoms with Crippen LogP contribution < -0.4 is 0 Å². The lowest BCUT2D eigenvalue weighted by atomic mass is 9.75. The van der Waals surface area contributed by atoms with Crippen molar-refractivity contribution in [3.8, 4) is 0 Å². The number of rotatable bonds is 5. The van der Waals surface area contributed by atoms with Crippen molar-refractivity contribution in [1.82, 2.24) is 4.90 Å². The molecule has 0 amide bonds. The molecule has 2 aliphatic rings. The van der Waals surface area contributed by atoms with E-state index in [0.717, 1.165) is 13.0 Å². The molecule has 1 aliphatic heterocycles. The first kappa shape index (κ1) is 17.5. The van der Waals surface area contributed by atoms with E-state index in [-0.39, 0.29) is 24.2 Å². The number of hydrogen-bond acceptors (Lipinski definition) is 3. The Morgan fingerprint density at radius 1 is 1.17 bits per heavy atom. The molecule has 24 heavy (non-hydrogen) atoms. The second kappa shape index (κ2) is 7.26. The quantitative estimate of drug-likeness (QED) is 0.591. The Morgan fingerprint density at radius 2 is 1.88 bits per heavy atom. The zero-order valence-corrected chi connectivity index (χ0v) is 15.4. The van der Waals surface area contributed by atoms with Gasteiger partial charge < -0.3 is 4.74 Å². The van der Waals surface area contributed by atoms with Crippen LogP contribution in [0.5, 0.6) is 0 Å². The van der Waals surface area contributed by atoms with Gasteiger partial charge in [0.25, 0.3) is 0 Å². The normalized spacial score (nSPS) is 34.0. The number of carbonyl (C=O) groups excluding carboxylic acids is 1. The van der Waals surface area contributed by atoms with Gasteiger partial charge in [0.05, 0.1) is 0 Å². The van der Waals surface area contributed by atoms with Gasteiger partial charge in [0, 0.05) is 12.6 Å². The van der Waals surface area contributed by atoms with Gasteiger partial charge in [-0.2, -0.15) is 0 Å². The molecule has 3 nitrogen and oxygen atoms in total. The Bertz CT molecular complexity index is 556. The van der Waals surface area contributed by atoms with Gasteiger partial charge >= 0.3 is 5.97 Å². The largest absolute Gasteiger partial charge is 0.461 e. The third kappa shape index (κ3) is 3.83. The molecule has 0 aromatic heterocycles. The number of nitrogens with zero attached hydrogens (tertiary/aromatic N) is 1. The summed E-state index contributed by atoms with van der Waals surface area (Å²) in [7, 11) is 0. The molecule has 3 rings (SSSR count). The lowest BCUT2D eigenvalue weighted by Crippen LogP contribution is -2.37. The fourth-order valence-corrected chi connectivity index (χ4v) is 4.19. The Hall–Kier alpha value is -1.35. The van der Waals surface area contributed by atoms with Crippen LogP contribution in [-0.4, -0.2) is 29.6 Å². The van der Waals surface area contributed by atoms with E-state index in [9.17, 15) is 4.79 Å². The minimum atomic E-state index is -0.0507. The van der Waals surface area contributed by atoms with Gasteiger partial charge in [-0.25, -0.2) is 0 Å². The second-order valence-electron chi connectivity index (χ2n) is 8.10. The smallest absolute Gasteiger partial charge is 0.325 e. The van der Waals surface area contributed by atoms with Gasteiger partial charge in [0.1, 0.15) is 12.1 Å². The highest BCUT2D eigenvalue weighted by Crippen LogP contribution is 2.37. The minimum Gasteiger partial charge on any atom is -0.461 e. The van der Waals surface area contributed by atoms with Crippen LogP contribution in [0.2, 0.25) is 0 Å². The van der Waals surface area contributed by atoms with Crippen LogP contribution in [0.1, 0.15) is 58.6 Å². The SMILES string of the molecule is CC(C)[C@@H]1CC[C@@H](C)C[C@H]1OC(=O)[C@@H]1CN1[C@H](C)c1ccccc1. The lowest BCUT2D eigenvalue weighted by molar-refractivity contribution is -0.156. The van der Waals surface area contributed by atoms with Crippen molar-refractivity contribution in [1.29, 1.82) is 0 Å². The van der Waals surface area contributed by atoms with Crippen molar-refractivity contribution >= 4 is 5.97 Å². The average Bonchev–Trinajstić information content (AvgIpc) is 3.35. The Morgan fingerprint density at radius 3 is 2.54 bits per heavy atom. The monoisotopic (exact) mass is 329 g/mol. The predicted molar refractivity (Wildman–Crippen MR) is 96.6 cm³/mol. The number of carbonyl (C=O) groups is 1. The summed E-state index contributed by atoms with van der Waals surface area (Å²) in [6.07, 6.45) is 3.58. The van der Waals surface area contributed by atoms with E-state index in [1.165, 1.54) is 18.4 Å². The van der Waals surface area contributed by atoms with Crippen LogP contribution in [0, 0.1) is 17.8 Å². The number of esters is 1. The fourth-order valence-electron chi connectivity index (χ4n) is 4.19. The van der Waals surface area contributed by atoms with Crippen LogP contribution in [0.15, 0.2) is 30.3 Å². The van der Waals surface area contributed by atoms with E-state index >= 15 is 0 Å². The van der Waals surface area contributed by atoms with Gasteiger partial charge in [-0.15, -0.1) is 0 Å². The van der Waals surface area contributed by atoms with Crippen molar-refractivity contribution in [2.45, 2.75) is 65.1 Å². The highest BCUT2D eigenvalue weighted by Gasteiger charge is 2.46. The molecule has 1 saturated carbocycles. The van der Waals surface area contributed by atoms with E-state index in [4.69, 9.17) is 4.74 Å². The Balaban J connectivity index is 1.57. The maximum atomic E-state index is 12.6. The Labute approximate surface area is 146 Å². The minimum absolute atomic E-state index is 0.0115. The predicted octanol–water partition coefficient (Wildman–Crippen LogP) is 4.44. The summed E-state index contributed by atoms with van der Waals surface area (Å²) in [4.78, 5) is 14.9. The van der Waals surface area contributed by atoms with E-state index in [2.05, 4.69) is 56.9 Å².